The van der Waals surface area contributed by atoms with Gasteiger partial charge in [0.15, 0.2) is 0 Å². The van der Waals surface area contributed by atoms with Crippen molar-refractivity contribution in [3.8, 4) is 0 Å². The van der Waals surface area contributed by atoms with E-state index in [0.717, 1.165) is 24.4 Å². The molecule has 0 saturated carbocycles. The minimum atomic E-state index is -0.0720. The summed E-state index contributed by atoms with van der Waals surface area (Å²) in [7, 11) is 0. The average molecular weight is 309 g/mol. The zero-order chi connectivity index (χ0) is 16.0. The lowest BCUT2D eigenvalue weighted by molar-refractivity contribution is 0.0561. The molecule has 1 atom stereocenters. The third-order valence-electron chi connectivity index (χ3n) is 4.57. The number of aryl methyl sites for hydroxylation is 1. The number of fused-ring (bicyclic) bond motifs is 1. The largest absolute Gasteiger partial charge is 0.309 e. The summed E-state index contributed by atoms with van der Waals surface area (Å²) in [4.78, 5) is 22.0. The van der Waals surface area contributed by atoms with Crippen LogP contribution < -0.4 is 5.56 Å². The van der Waals surface area contributed by atoms with E-state index < -0.39 is 0 Å². The van der Waals surface area contributed by atoms with Gasteiger partial charge in [0.2, 0.25) is 0 Å². The number of aromatic nitrogens is 4. The molecule has 1 aliphatic heterocycles. The Morgan fingerprint density at radius 1 is 1.30 bits per heavy atom. The second-order valence-electron chi connectivity index (χ2n) is 6.25. The highest BCUT2D eigenvalue weighted by molar-refractivity contribution is 5.77. The van der Waals surface area contributed by atoms with Crippen LogP contribution in [0.4, 0.5) is 0 Å². The predicted octanol–water partition coefficient (Wildman–Crippen LogP) is 2.05. The van der Waals surface area contributed by atoms with Crippen molar-refractivity contribution in [3.05, 3.63) is 58.4 Å². The van der Waals surface area contributed by atoms with Gasteiger partial charge in [-0.3, -0.25) is 14.4 Å². The fraction of sp³-hybridized carbons (Fsp3) is 0.353. The number of para-hydroxylation sites is 1. The number of hydrogen-bond acceptors (Lipinski definition) is 4. The van der Waals surface area contributed by atoms with E-state index in [4.69, 9.17) is 0 Å². The molecule has 1 aliphatic rings. The molecule has 6 heteroatoms. The first-order valence-electron chi connectivity index (χ1n) is 7.85. The average Bonchev–Trinajstić information content (AvgIpc) is 2.92. The van der Waals surface area contributed by atoms with Crippen LogP contribution in [0.25, 0.3) is 10.9 Å². The highest BCUT2D eigenvalue weighted by Gasteiger charge is 2.33. The fourth-order valence-corrected chi connectivity index (χ4v) is 3.08. The molecular weight excluding hydrogens is 290 g/mol. The summed E-state index contributed by atoms with van der Waals surface area (Å²) < 4.78 is 2.02. The number of aromatic amines is 1. The molecule has 0 radical (unpaired) electrons. The molecule has 1 fully saturated rings. The molecule has 0 bridgehead atoms. The number of rotatable bonds is 3. The molecule has 1 aromatic carbocycles. The predicted molar refractivity (Wildman–Crippen MR) is 88.4 cm³/mol. The van der Waals surface area contributed by atoms with Crippen LogP contribution in [0.5, 0.6) is 0 Å². The van der Waals surface area contributed by atoms with Gasteiger partial charge in [0.25, 0.3) is 5.56 Å². The minimum Gasteiger partial charge on any atom is -0.309 e. The van der Waals surface area contributed by atoms with E-state index in [-0.39, 0.29) is 11.6 Å². The summed E-state index contributed by atoms with van der Waals surface area (Å²) in [5, 5.41) is 5.01. The molecule has 0 amide bonds. The van der Waals surface area contributed by atoms with E-state index >= 15 is 0 Å². The second-order valence-corrected chi connectivity index (χ2v) is 6.25. The van der Waals surface area contributed by atoms with Crippen LogP contribution in [-0.4, -0.2) is 37.7 Å². The normalized spacial score (nSPS) is 17.3. The molecule has 4 rings (SSSR count). The standard InChI is InChI=1S/C17H19N5O/c1-11-7-18-22(8-11)13-9-21(10-13)12(2)16-19-15-6-4-3-5-14(15)17(23)20-16/h3-8,12-13H,9-10H2,1-2H3,(H,19,20,23)/t12-/m0/s1. The summed E-state index contributed by atoms with van der Waals surface area (Å²) in [6, 6.07) is 7.93. The maximum absolute atomic E-state index is 12.2. The molecule has 1 saturated heterocycles. The van der Waals surface area contributed by atoms with Crippen LogP contribution in [0.3, 0.4) is 0 Å². The summed E-state index contributed by atoms with van der Waals surface area (Å²) in [5.74, 6) is 0.726. The van der Waals surface area contributed by atoms with Gasteiger partial charge in [-0.2, -0.15) is 5.10 Å². The summed E-state index contributed by atoms with van der Waals surface area (Å²) in [6.45, 7) is 5.96. The lowest BCUT2D eigenvalue weighted by Crippen LogP contribution is -2.49. The van der Waals surface area contributed by atoms with Gasteiger partial charge >= 0.3 is 0 Å². The first kappa shape index (κ1) is 14.1. The van der Waals surface area contributed by atoms with Crippen molar-refractivity contribution in [3.63, 3.8) is 0 Å². The molecular formula is C17H19N5O. The smallest absolute Gasteiger partial charge is 0.258 e. The van der Waals surface area contributed by atoms with Crippen LogP contribution >= 0.6 is 0 Å². The van der Waals surface area contributed by atoms with Gasteiger partial charge in [-0.05, 0) is 31.5 Å². The van der Waals surface area contributed by atoms with E-state index in [1.807, 2.05) is 36.0 Å². The van der Waals surface area contributed by atoms with E-state index in [9.17, 15) is 4.79 Å². The quantitative estimate of drug-likeness (QED) is 0.804. The first-order chi connectivity index (χ1) is 11.1. The molecule has 23 heavy (non-hydrogen) atoms. The van der Waals surface area contributed by atoms with Crippen molar-refractivity contribution in [1.82, 2.24) is 24.6 Å². The second kappa shape index (κ2) is 5.31. The Hall–Kier alpha value is -2.47. The molecule has 1 N–H and O–H groups in total. The molecule has 2 aromatic heterocycles. The molecule has 0 spiro atoms. The van der Waals surface area contributed by atoms with Crippen molar-refractivity contribution in [2.24, 2.45) is 0 Å². The van der Waals surface area contributed by atoms with E-state index in [2.05, 4.69) is 33.1 Å². The SMILES string of the molecule is Cc1cnn(C2CN([C@@H](C)c3nc4ccccc4c(=O)[nH]3)C2)c1. The Balaban J connectivity index is 1.54. The fourth-order valence-electron chi connectivity index (χ4n) is 3.08. The van der Waals surface area contributed by atoms with Crippen molar-refractivity contribution in [2.45, 2.75) is 25.9 Å². The molecule has 0 unspecified atom stereocenters. The highest BCUT2D eigenvalue weighted by Crippen LogP contribution is 2.29. The van der Waals surface area contributed by atoms with Crippen LogP contribution in [0.2, 0.25) is 0 Å². The molecule has 3 heterocycles. The highest BCUT2D eigenvalue weighted by atomic mass is 16.1. The number of likely N-dealkylation sites (tertiary alicyclic amines) is 1. The van der Waals surface area contributed by atoms with Gasteiger partial charge < -0.3 is 4.98 Å². The molecule has 118 valence electrons. The lowest BCUT2D eigenvalue weighted by Gasteiger charge is -2.42. The van der Waals surface area contributed by atoms with Gasteiger partial charge in [-0.25, -0.2) is 4.98 Å². The van der Waals surface area contributed by atoms with Crippen LogP contribution in [0, 0.1) is 6.92 Å². The Bertz CT molecular complexity index is 906. The molecule has 0 aliphatic carbocycles. The van der Waals surface area contributed by atoms with Gasteiger partial charge in [-0.15, -0.1) is 0 Å². The van der Waals surface area contributed by atoms with Crippen LogP contribution in [-0.2, 0) is 0 Å². The molecule has 3 aromatic rings. The van der Waals surface area contributed by atoms with Crippen molar-refractivity contribution >= 4 is 10.9 Å². The Labute approximate surface area is 133 Å². The third kappa shape index (κ3) is 2.45. The summed E-state index contributed by atoms with van der Waals surface area (Å²) in [6.07, 6.45) is 3.96. The van der Waals surface area contributed by atoms with Crippen molar-refractivity contribution < 1.29 is 0 Å². The first-order valence-corrected chi connectivity index (χ1v) is 7.85. The number of hydrogen-bond donors (Lipinski definition) is 1. The van der Waals surface area contributed by atoms with Gasteiger partial charge in [0.1, 0.15) is 5.82 Å². The zero-order valence-corrected chi connectivity index (χ0v) is 13.2. The van der Waals surface area contributed by atoms with Crippen LogP contribution in [0.1, 0.15) is 30.4 Å². The Morgan fingerprint density at radius 3 is 2.83 bits per heavy atom. The maximum Gasteiger partial charge on any atom is 0.258 e. The number of benzene rings is 1. The van der Waals surface area contributed by atoms with E-state index in [1.54, 1.807) is 6.07 Å². The Morgan fingerprint density at radius 2 is 2.09 bits per heavy atom. The van der Waals surface area contributed by atoms with Gasteiger partial charge in [0.05, 0.1) is 29.2 Å². The van der Waals surface area contributed by atoms with E-state index in [0.29, 0.717) is 11.4 Å². The number of nitrogens with zero attached hydrogens (tertiary/aromatic N) is 4. The van der Waals surface area contributed by atoms with E-state index in [1.165, 1.54) is 5.56 Å². The monoisotopic (exact) mass is 309 g/mol. The minimum absolute atomic E-state index is 0.0720. The summed E-state index contributed by atoms with van der Waals surface area (Å²) in [5.41, 5.74) is 1.85. The summed E-state index contributed by atoms with van der Waals surface area (Å²) >= 11 is 0. The van der Waals surface area contributed by atoms with Gasteiger partial charge in [-0.1, -0.05) is 12.1 Å². The van der Waals surface area contributed by atoms with Crippen molar-refractivity contribution in [2.75, 3.05) is 13.1 Å². The third-order valence-corrected chi connectivity index (χ3v) is 4.57. The topological polar surface area (TPSA) is 66.8 Å². The number of nitrogens with one attached hydrogen (secondary N) is 1. The Kier molecular flexibility index (Phi) is 3.27. The zero-order valence-electron chi connectivity index (χ0n) is 13.2. The number of H-pyrrole nitrogens is 1. The molecule has 6 nitrogen and oxygen atoms in total. The maximum atomic E-state index is 12.2. The lowest BCUT2D eigenvalue weighted by atomic mass is 10.1. The van der Waals surface area contributed by atoms with Crippen LogP contribution in [0.15, 0.2) is 41.5 Å². The van der Waals surface area contributed by atoms with Gasteiger partial charge in [0, 0.05) is 19.3 Å². The van der Waals surface area contributed by atoms with Crippen molar-refractivity contribution in [1.29, 1.82) is 0 Å².